The van der Waals surface area contributed by atoms with Crippen LogP contribution in [0.5, 0.6) is 0 Å². The number of nitrogens with zero attached hydrogens (tertiary/aromatic N) is 2. The van der Waals surface area contributed by atoms with Crippen molar-refractivity contribution in [2.45, 2.75) is 39.9 Å². The second kappa shape index (κ2) is 17.3. The summed E-state index contributed by atoms with van der Waals surface area (Å²) in [5.74, 6) is 0. The maximum Gasteiger partial charge on any atom is 0.0715 e. The van der Waals surface area contributed by atoms with Gasteiger partial charge in [-0.3, -0.25) is 0 Å². The second-order valence-electron chi connectivity index (χ2n) is 13.1. The van der Waals surface area contributed by atoms with E-state index in [0.29, 0.717) is 26.1 Å². The number of benzene rings is 6. The molecule has 0 saturated carbocycles. The lowest BCUT2D eigenvalue weighted by Gasteiger charge is -2.27. The summed E-state index contributed by atoms with van der Waals surface area (Å²) in [6, 6.07) is 47.3. The first kappa shape index (κ1) is 36.5. The zero-order valence-electron chi connectivity index (χ0n) is 30.5. The van der Waals surface area contributed by atoms with Crippen molar-refractivity contribution >= 4 is 34.1 Å². The van der Waals surface area contributed by atoms with Gasteiger partial charge in [0.15, 0.2) is 0 Å². The SMILES string of the molecule is COCc1ccc(N(c2ccc(-c3ccc(N(c4ccc(CCO)cc4)c4ccc(CCO)c(C)c4)cc3)cc2)c2ccc(COC)c(C)c2)cc1. The van der Waals surface area contributed by atoms with Crippen molar-refractivity contribution in [2.24, 2.45) is 0 Å². The summed E-state index contributed by atoms with van der Waals surface area (Å²) in [5.41, 5.74) is 15.5. The predicted molar refractivity (Wildman–Crippen MR) is 214 cm³/mol. The maximum atomic E-state index is 9.54. The van der Waals surface area contributed by atoms with Crippen molar-refractivity contribution in [3.8, 4) is 11.1 Å². The van der Waals surface area contributed by atoms with Crippen molar-refractivity contribution in [3.63, 3.8) is 0 Å². The molecular formula is C46H48N2O4. The lowest BCUT2D eigenvalue weighted by Crippen LogP contribution is -2.11. The number of hydrogen-bond acceptors (Lipinski definition) is 6. The van der Waals surface area contributed by atoms with Crippen LogP contribution in [-0.4, -0.2) is 37.6 Å². The Morgan fingerprint density at radius 3 is 1.21 bits per heavy atom. The van der Waals surface area contributed by atoms with Crippen LogP contribution in [-0.2, 0) is 35.5 Å². The molecule has 0 unspecified atom stereocenters. The average Bonchev–Trinajstić information content (AvgIpc) is 3.16. The molecule has 0 spiro atoms. The molecule has 0 saturated heterocycles. The minimum absolute atomic E-state index is 0.124. The molecule has 6 aromatic rings. The molecule has 0 atom stereocenters. The molecule has 0 fully saturated rings. The minimum atomic E-state index is 0.124. The molecule has 52 heavy (non-hydrogen) atoms. The molecule has 2 N–H and O–H groups in total. The Balaban J connectivity index is 1.32. The van der Waals surface area contributed by atoms with Gasteiger partial charge in [0.1, 0.15) is 0 Å². The Labute approximate surface area is 308 Å². The highest BCUT2D eigenvalue weighted by atomic mass is 16.5. The number of aryl methyl sites for hydroxylation is 2. The summed E-state index contributed by atoms with van der Waals surface area (Å²) in [6.07, 6.45) is 1.26. The molecule has 0 heterocycles. The summed E-state index contributed by atoms with van der Waals surface area (Å²) in [4.78, 5) is 4.53. The number of aliphatic hydroxyl groups excluding tert-OH is 2. The third-order valence-corrected chi connectivity index (χ3v) is 9.53. The molecule has 6 rings (SSSR count). The third kappa shape index (κ3) is 8.44. The average molecular weight is 693 g/mol. The van der Waals surface area contributed by atoms with Crippen LogP contribution in [0.25, 0.3) is 11.1 Å². The molecule has 6 aromatic carbocycles. The normalized spacial score (nSPS) is 11.1. The van der Waals surface area contributed by atoms with Crippen LogP contribution in [0.15, 0.2) is 133 Å². The Kier molecular flexibility index (Phi) is 12.2. The van der Waals surface area contributed by atoms with Gasteiger partial charge >= 0.3 is 0 Å². The molecular weight excluding hydrogens is 645 g/mol. The van der Waals surface area contributed by atoms with Gasteiger partial charge in [-0.1, -0.05) is 60.7 Å². The van der Waals surface area contributed by atoms with Crippen LogP contribution in [0.2, 0.25) is 0 Å². The Bertz CT molecular complexity index is 1890. The molecule has 0 aliphatic rings. The number of ether oxygens (including phenoxy) is 2. The van der Waals surface area contributed by atoms with E-state index in [0.717, 1.165) is 67.5 Å². The number of aliphatic hydroxyl groups is 2. The molecule has 0 bridgehead atoms. The van der Waals surface area contributed by atoms with E-state index < -0.39 is 0 Å². The van der Waals surface area contributed by atoms with Gasteiger partial charge in [0.05, 0.1) is 13.2 Å². The summed E-state index contributed by atoms with van der Waals surface area (Å²) in [6.45, 7) is 5.63. The zero-order valence-corrected chi connectivity index (χ0v) is 30.5. The first-order chi connectivity index (χ1) is 25.4. The highest BCUT2D eigenvalue weighted by Gasteiger charge is 2.16. The molecule has 6 heteroatoms. The van der Waals surface area contributed by atoms with Crippen LogP contribution >= 0.6 is 0 Å². The summed E-state index contributed by atoms with van der Waals surface area (Å²) in [7, 11) is 3.44. The van der Waals surface area contributed by atoms with Crippen molar-refractivity contribution < 1.29 is 19.7 Å². The quantitative estimate of drug-likeness (QED) is 0.112. The van der Waals surface area contributed by atoms with Gasteiger partial charge in [-0.2, -0.15) is 0 Å². The second-order valence-corrected chi connectivity index (χ2v) is 13.1. The molecule has 0 amide bonds. The van der Waals surface area contributed by atoms with E-state index in [1.807, 2.05) is 0 Å². The van der Waals surface area contributed by atoms with E-state index in [-0.39, 0.29) is 13.2 Å². The van der Waals surface area contributed by atoms with Gasteiger partial charge < -0.3 is 29.5 Å². The highest BCUT2D eigenvalue weighted by Crippen LogP contribution is 2.39. The fraction of sp³-hybridized carbons (Fsp3) is 0.217. The fourth-order valence-electron chi connectivity index (χ4n) is 6.71. The van der Waals surface area contributed by atoms with E-state index in [1.54, 1.807) is 14.2 Å². The Morgan fingerprint density at radius 1 is 0.423 bits per heavy atom. The molecule has 0 radical (unpaired) electrons. The molecule has 6 nitrogen and oxygen atoms in total. The third-order valence-electron chi connectivity index (χ3n) is 9.53. The van der Waals surface area contributed by atoms with Crippen LogP contribution in [0.4, 0.5) is 34.1 Å². The number of hydrogen-bond donors (Lipinski definition) is 2. The van der Waals surface area contributed by atoms with Crippen LogP contribution in [0.3, 0.4) is 0 Å². The standard InChI is InChI=1S/C46H48N2O4/c1-33-29-45(23-9-37(33)26-28-50)47(41-15-5-35(6-16-41)25-27-49)43-19-10-38(11-20-43)39-12-21-44(22-13-39)48(42-17-7-36(8-18-42)31-51-3)46-24-14-40(32-52-4)34(2)30-46/h5-24,29-30,49-50H,25-28,31-32H2,1-4H3. The van der Waals surface area contributed by atoms with Gasteiger partial charge in [0.2, 0.25) is 0 Å². The summed E-state index contributed by atoms with van der Waals surface area (Å²) < 4.78 is 10.8. The molecule has 0 aliphatic carbocycles. The number of methoxy groups -OCH3 is 2. The number of rotatable bonds is 15. The Hall–Kier alpha value is -5.24. The van der Waals surface area contributed by atoms with Crippen molar-refractivity contribution in [2.75, 3.05) is 37.2 Å². The Morgan fingerprint density at radius 2 is 0.808 bits per heavy atom. The topological polar surface area (TPSA) is 65.4 Å². The lowest BCUT2D eigenvalue weighted by atomic mass is 10.0. The van der Waals surface area contributed by atoms with E-state index >= 15 is 0 Å². The molecule has 0 aliphatic heterocycles. The highest BCUT2D eigenvalue weighted by molar-refractivity contribution is 5.81. The van der Waals surface area contributed by atoms with Gasteiger partial charge in [-0.25, -0.2) is 0 Å². The van der Waals surface area contributed by atoms with Gasteiger partial charge in [-0.05, 0) is 144 Å². The molecule has 266 valence electrons. The molecule has 0 aromatic heterocycles. The minimum Gasteiger partial charge on any atom is -0.396 e. The first-order valence-corrected chi connectivity index (χ1v) is 17.8. The van der Waals surface area contributed by atoms with Crippen molar-refractivity contribution in [3.05, 3.63) is 167 Å². The van der Waals surface area contributed by atoms with Gasteiger partial charge in [0.25, 0.3) is 0 Å². The maximum absolute atomic E-state index is 9.54. The van der Waals surface area contributed by atoms with Gasteiger partial charge in [-0.15, -0.1) is 0 Å². The largest absolute Gasteiger partial charge is 0.396 e. The van der Waals surface area contributed by atoms with E-state index in [9.17, 15) is 10.2 Å². The lowest BCUT2D eigenvalue weighted by molar-refractivity contribution is 0.184. The van der Waals surface area contributed by atoms with E-state index in [2.05, 4.69) is 157 Å². The van der Waals surface area contributed by atoms with Crippen LogP contribution < -0.4 is 9.80 Å². The smallest absolute Gasteiger partial charge is 0.0715 e. The van der Waals surface area contributed by atoms with Gasteiger partial charge in [0, 0.05) is 61.6 Å². The predicted octanol–water partition coefficient (Wildman–Crippen LogP) is 10.3. The van der Waals surface area contributed by atoms with E-state index in [1.165, 1.54) is 11.1 Å². The fourth-order valence-corrected chi connectivity index (χ4v) is 6.71. The first-order valence-electron chi connectivity index (χ1n) is 17.8. The van der Waals surface area contributed by atoms with Crippen molar-refractivity contribution in [1.29, 1.82) is 0 Å². The summed E-state index contributed by atoms with van der Waals surface area (Å²) in [5, 5.41) is 19.0. The van der Waals surface area contributed by atoms with Crippen LogP contribution in [0.1, 0.15) is 33.4 Å². The monoisotopic (exact) mass is 692 g/mol. The van der Waals surface area contributed by atoms with E-state index in [4.69, 9.17) is 9.47 Å². The number of anilines is 6. The van der Waals surface area contributed by atoms with Crippen molar-refractivity contribution in [1.82, 2.24) is 0 Å². The van der Waals surface area contributed by atoms with Crippen LogP contribution in [0, 0.1) is 13.8 Å². The summed E-state index contributed by atoms with van der Waals surface area (Å²) >= 11 is 0. The zero-order chi connectivity index (χ0) is 36.5.